The van der Waals surface area contributed by atoms with E-state index in [-0.39, 0.29) is 12.4 Å². The molecular weight excluding hydrogens is 329 g/mol. The van der Waals surface area contributed by atoms with Crippen molar-refractivity contribution in [2.24, 2.45) is 0 Å². The second kappa shape index (κ2) is 7.15. The van der Waals surface area contributed by atoms with E-state index < -0.39 is 5.97 Å². The van der Waals surface area contributed by atoms with E-state index in [0.29, 0.717) is 28.9 Å². The molecule has 0 atom stereocenters. The SMILES string of the molecule is CCOC(=O)c1sc2cccc(F)c2c1CN(C)Cc1ccco1. The van der Waals surface area contributed by atoms with Crippen LogP contribution in [0.25, 0.3) is 10.1 Å². The summed E-state index contributed by atoms with van der Waals surface area (Å²) in [4.78, 5) is 14.7. The van der Waals surface area contributed by atoms with Gasteiger partial charge in [-0.3, -0.25) is 4.90 Å². The molecule has 0 amide bonds. The maximum absolute atomic E-state index is 14.4. The molecule has 0 spiro atoms. The topological polar surface area (TPSA) is 42.7 Å². The number of fused-ring (bicyclic) bond motifs is 1. The predicted molar refractivity (Wildman–Crippen MR) is 91.6 cm³/mol. The van der Waals surface area contributed by atoms with Crippen molar-refractivity contribution < 1.29 is 18.3 Å². The van der Waals surface area contributed by atoms with Crippen LogP contribution in [0.3, 0.4) is 0 Å². The molecule has 3 aromatic rings. The molecule has 0 bridgehead atoms. The zero-order valence-corrected chi connectivity index (χ0v) is 14.4. The Morgan fingerprint density at radius 2 is 2.12 bits per heavy atom. The van der Waals surface area contributed by atoms with Gasteiger partial charge in [-0.25, -0.2) is 9.18 Å². The van der Waals surface area contributed by atoms with Gasteiger partial charge in [0.15, 0.2) is 0 Å². The van der Waals surface area contributed by atoms with Gasteiger partial charge in [0.05, 0.1) is 19.4 Å². The normalized spacial score (nSPS) is 11.3. The Balaban J connectivity index is 1.97. The first-order valence-corrected chi connectivity index (χ1v) is 8.49. The molecule has 0 fully saturated rings. The van der Waals surface area contributed by atoms with Crippen LogP contribution in [0.15, 0.2) is 41.0 Å². The number of esters is 1. The van der Waals surface area contributed by atoms with Gasteiger partial charge in [-0.05, 0) is 38.2 Å². The molecule has 0 aliphatic heterocycles. The van der Waals surface area contributed by atoms with Gasteiger partial charge < -0.3 is 9.15 Å². The van der Waals surface area contributed by atoms with Gasteiger partial charge in [-0.2, -0.15) is 0 Å². The fourth-order valence-corrected chi connectivity index (χ4v) is 3.80. The fourth-order valence-electron chi connectivity index (χ4n) is 2.67. The molecule has 2 aromatic heterocycles. The third-order valence-corrected chi connectivity index (χ3v) is 4.84. The van der Waals surface area contributed by atoms with Crippen LogP contribution in [-0.2, 0) is 17.8 Å². The zero-order chi connectivity index (χ0) is 17.1. The van der Waals surface area contributed by atoms with Crippen LogP contribution < -0.4 is 0 Å². The van der Waals surface area contributed by atoms with Crippen molar-refractivity contribution in [2.45, 2.75) is 20.0 Å². The quantitative estimate of drug-likeness (QED) is 0.618. The zero-order valence-electron chi connectivity index (χ0n) is 13.5. The molecule has 3 rings (SSSR count). The summed E-state index contributed by atoms with van der Waals surface area (Å²) in [5.74, 6) is 0.0930. The summed E-state index contributed by atoms with van der Waals surface area (Å²) in [7, 11) is 1.90. The van der Waals surface area contributed by atoms with Gasteiger partial charge in [0.2, 0.25) is 0 Å². The van der Waals surface area contributed by atoms with Crippen LogP contribution in [0.4, 0.5) is 4.39 Å². The van der Waals surface area contributed by atoms with Gasteiger partial charge in [0.1, 0.15) is 16.5 Å². The molecule has 1 aromatic carbocycles. The molecule has 0 N–H and O–H groups in total. The lowest BCUT2D eigenvalue weighted by Gasteiger charge is -2.16. The highest BCUT2D eigenvalue weighted by molar-refractivity contribution is 7.21. The second-order valence-electron chi connectivity index (χ2n) is 5.49. The number of thiophene rings is 1. The summed E-state index contributed by atoms with van der Waals surface area (Å²) in [6.07, 6.45) is 1.62. The van der Waals surface area contributed by atoms with Crippen LogP contribution in [0.2, 0.25) is 0 Å². The summed E-state index contributed by atoms with van der Waals surface area (Å²) in [5, 5.41) is 0.497. The van der Waals surface area contributed by atoms with Crippen molar-refractivity contribution in [1.82, 2.24) is 4.90 Å². The maximum atomic E-state index is 14.4. The van der Waals surface area contributed by atoms with Crippen molar-refractivity contribution in [1.29, 1.82) is 0 Å². The van der Waals surface area contributed by atoms with Gasteiger partial charge in [-0.1, -0.05) is 6.07 Å². The minimum atomic E-state index is -0.403. The molecule has 2 heterocycles. The van der Waals surface area contributed by atoms with Gasteiger partial charge in [0, 0.05) is 22.2 Å². The molecule has 0 saturated heterocycles. The van der Waals surface area contributed by atoms with Crippen LogP contribution in [0, 0.1) is 5.82 Å². The Labute approximate surface area is 143 Å². The van der Waals surface area contributed by atoms with Crippen LogP contribution in [0.5, 0.6) is 0 Å². The first kappa shape index (κ1) is 16.7. The van der Waals surface area contributed by atoms with Gasteiger partial charge in [-0.15, -0.1) is 11.3 Å². The first-order chi connectivity index (χ1) is 11.6. The van der Waals surface area contributed by atoms with E-state index in [0.717, 1.165) is 10.5 Å². The lowest BCUT2D eigenvalue weighted by molar-refractivity contribution is 0.0530. The fraction of sp³-hybridized carbons (Fsp3) is 0.278. The smallest absolute Gasteiger partial charge is 0.348 e. The Kier molecular flexibility index (Phi) is 4.97. The molecule has 0 saturated carbocycles. The monoisotopic (exact) mass is 347 g/mol. The molecule has 0 radical (unpaired) electrons. The average Bonchev–Trinajstić information content (AvgIpc) is 3.16. The lowest BCUT2D eigenvalue weighted by Crippen LogP contribution is -2.18. The second-order valence-corrected chi connectivity index (χ2v) is 6.55. The number of furan rings is 1. The number of hydrogen-bond donors (Lipinski definition) is 0. The summed E-state index contributed by atoms with van der Waals surface area (Å²) in [6, 6.07) is 8.60. The van der Waals surface area contributed by atoms with Crippen LogP contribution in [-0.4, -0.2) is 24.5 Å². The van der Waals surface area contributed by atoms with Gasteiger partial charge in [0.25, 0.3) is 0 Å². The summed E-state index contributed by atoms with van der Waals surface area (Å²) < 4.78 is 25.6. The largest absolute Gasteiger partial charge is 0.468 e. The van der Waals surface area contributed by atoms with E-state index in [1.165, 1.54) is 17.4 Å². The number of hydrogen-bond acceptors (Lipinski definition) is 5. The minimum absolute atomic E-state index is 0.289. The van der Waals surface area contributed by atoms with Crippen molar-refractivity contribution in [3.05, 3.63) is 58.6 Å². The van der Waals surface area contributed by atoms with E-state index in [9.17, 15) is 9.18 Å². The molecule has 0 aliphatic rings. The highest BCUT2D eigenvalue weighted by Gasteiger charge is 2.22. The average molecular weight is 347 g/mol. The summed E-state index contributed by atoms with van der Waals surface area (Å²) >= 11 is 1.27. The highest BCUT2D eigenvalue weighted by Crippen LogP contribution is 2.34. The summed E-state index contributed by atoms with van der Waals surface area (Å²) in [6.45, 7) is 3.04. The number of carbonyl (C=O) groups excluding carboxylic acids is 1. The number of benzene rings is 1. The number of nitrogens with zero attached hydrogens (tertiary/aromatic N) is 1. The van der Waals surface area contributed by atoms with Crippen molar-refractivity contribution >= 4 is 27.4 Å². The molecule has 6 heteroatoms. The third kappa shape index (κ3) is 3.34. The van der Waals surface area contributed by atoms with E-state index >= 15 is 0 Å². The molecule has 126 valence electrons. The van der Waals surface area contributed by atoms with E-state index in [1.54, 1.807) is 19.3 Å². The van der Waals surface area contributed by atoms with Crippen molar-refractivity contribution in [2.75, 3.05) is 13.7 Å². The number of ether oxygens (including phenoxy) is 1. The number of carbonyl (C=O) groups is 1. The van der Waals surface area contributed by atoms with Crippen LogP contribution >= 0.6 is 11.3 Å². The Bertz CT molecular complexity index is 841. The highest BCUT2D eigenvalue weighted by atomic mass is 32.1. The van der Waals surface area contributed by atoms with E-state index in [1.807, 2.05) is 30.1 Å². The van der Waals surface area contributed by atoms with Gasteiger partial charge >= 0.3 is 5.97 Å². The minimum Gasteiger partial charge on any atom is -0.468 e. The molecular formula is C18H18FNO3S. The maximum Gasteiger partial charge on any atom is 0.348 e. The number of halogens is 1. The third-order valence-electron chi connectivity index (χ3n) is 3.66. The Hall–Kier alpha value is -2.18. The molecule has 4 nitrogen and oxygen atoms in total. The van der Waals surface area contributed by atoms with Crippen LogP contribution in [0.1, 0.15) is 27.9 Å². The number of rotatable bonds is 6. The van der Waals surface area contributed by atoms with E-state index in [4.69, 9.17) is 9.15 Å². The molecule has 0 aliphatic carbocycles. The first-order valence-electron chi connectivity index (χ1n) is 7.68. The Morgan fingerprint density at radius 3 is 2.83 bits per heavy atom. The van der Waals surface area contributed by atoms with Crippen molar-refractivity contribution in [3.8, 4) is 0 Å². The Morgan fingerprint density at radius 1 is 1.29 bits per heavy atom. The van der Waals surface area contributed by atoms with Crippen molar-refractivity contribution in [3.63, 3.8) is 0 Å². The lowest BCUT2D eigenvalue weighted by atomic mass is 10.1. The molecule has 24 heavy (non-hydrogen) atoms. The summed E-state index contributed by atoms with van der Waals surface area (Å²) in [5.41, 5.74) is 0.667. The standard InChI is InChI=1S/C18H18FNO3S/c1-3-22-18(21)17-13(11-20(2)10-12-6-5-9-23-12)16-14(19)7-4-8-15(16)24-17/h4-9H,3,10-11H2,1-2H3. The predicted octanol–water partition coefficient (Wildman–Crippen LogP) is 4.44. The van der Waals surface area contributed by atoms with E-state index in [2.05, 4.69) is 0 Å². The molecule has 0 unspecified atom stereocenters.